The Hall–Kier alpha value is -2.13. The zero-order chi connectivity index (χ0) is 22.4. The number of benzene rings is 2. The summed E-state index contributed by atoms with van der Waals surface area (Å²) in [7, 11) is -2.08. The van der Waals surface area contributed by atoms with E-state index in [2.05, 4.69) is 5.32 Å². The van der Waals surface area contributed by atoms with Gasteiger partial charge in [-0.1, -0.05) is 30.2 Å². The van der Waals surface area contributed by atoms with Crippen LogP contribution in [0.25, 0.3) is 0 Å². The van der Waals surface area contributed by atoms with Crippen LogP contribution in [0, 0.1) is 6.92 Å². The summed E-state index contributed by atoms with van der Waals surface area (Å²) in [5.74, 6) is -0.101. The van der Waals surface area contributed by atoms with Gasteiger partial charge >= 0.3 is 0 Å². The van der Waals surface area contributed by atoms with Crippen molar-refractivity contribution in [3.8, 4) is 5.75 Å². The number of piperidine rings is 1. The van der Waals surface area contributed by atoms with Gasteiger partial charge in [-0.2, -0.15) is 4.31 Å². The maximum absolute atomic E-state index is 13.0. The van der Waals surface area contributed by atoms with E-state index in [0.29, 0.717) is 41.7 Å². The number of aryl methyl sites for hydroxylation is 1. The average molecular weight is 467 g/mol. The summed E-state index contributed by atoms with van der Waals surface area (Å²) in [6, 6.07) is 9.68. The van der Waals surface area contributed by atoms with Crippen LogP contribution in [0.3, 0.4) is 0 Å². The molecule has 31 heavy (non-hydrogen) atoms. The van der Waals surface area contributed by atoms with Gasteiger partial charge in [0.05, 0.1) is 22.2 Å². The third-order valence-corrected chi connectivity index (χ3v) is 7.35. The molecule has 9 heteroatoms. The predicted molar refractivity (Wildman–Crippen MR) is 121 cm³/mol. The number of hydrogen-bond donors (Lipinski definition) is 1. The highest BCUT2D eigenvalue weighted by Gasteiger charge is 2.27. The number of hydrogen-bond acceptors (Lipinski definition) is 5. The molecule has 0 bridgehead atoms. The van der Waals surface area contributed by atoms with Crippen molar-refractivity contribution in [2.24, 2.45) is 0 Å². The summed E-state index contributed by atoms with van der Waals surface area (Å²) in [4.78, 5) is 13.2. The summed E-state index contributed by atoms with van der Waals surface area (Å²) in [5, 5.41) is 3.15. The van der Waals surface area contributed by atoms with Crippen LogP contribution in [0.2, 0.25) is 5.02 Å². The van der Waals surface area contributed by atoms with E-state index in [9.17, 15) is 13.2 Å². The molecule has 0 radical (unpaired) electrons. The summed E-state index contributed by atoms with van der Waals surface area (Å²) in [6.45, 7) is 3.41. The SMILES string of the molecule is COCCOc1c(Cl)cccc1NC(=O)c1cc(S(=O)(=O)N2CCCCC2)ccc1C. The topological polar surface area (TPSA) is 84.9 Å². The molecule has 0 aromatic heterocycles. The monoisotopic (exact) mass is 466 g/mol. The van der Waals surface area contributed by atoms with Gasteiger partial charge in [0.1, 0.15) is 6.61 Å². The number of nitrogens with zero attached hydrogens (tertiary/aromatic N) is 1. The number of para-hydroxylation sites is 1. The molecule has 0 saturated carbocycles. The average Bonchev–Trinajstić information content (AvgIpc) is 2.76. The van der Waals surface area contributed by atoms with Crippen molar-refractivity contribution < 1.29 is 22.7 Å². The van der Waals surface area contributed by atoms with E-state index in [1.54, 1.807) is 44.4 Å². The Bertz CT molecular complexity index is 1040. The number of carbonyl (C=O) groups excluding carboxylic acids is 1. The molecule has 3 rings (SSSR count). The number of amides is 1. The smallest absolute Gasteiger partial charge is 0.256 e. The molecule has 1 heterocycles. The summed E-state index contributed by atoms with van der Waals surface area (Å²) in [5.41, 5.74) is 1.34. The van der Waals surface area contributed by atoms with Gasteiger partial charge in [-0.25, -0.2) is 8.42 Å². The second kappa shape index (κ2) is 10.5. The highest BCUT2D eigenvalue weighted by molar-refractivity contribution is 7.89. The van der Waals surface area contributed by atoms with E-state index in [1.807, 2.05) is 0 Å². The normalized spacial score (nSPS) is 14.9. The largest absolute Gasteiger partial charge is 0.487 e. The number of carbonyl (C=O) groups is 1. The highest BCUT2D eigenvalue weighted by Crippen LogP contribution is 2.33. The number of nitrogens with one attached hydrogen (secondary N) is 1. The summed E-state index contributed by atoms with van der Waals surface area (Å²) in [6.07, 6.45) is 2.72. The van der Waals surface area contributed by atoms with E-state index in [4.69, 9.17) is 21.1 Å². The molecule has 1 amide bonds. The van der Waals surface area contributed by atoms with Gasteiger partial charge in [0.15, 0.2) is 5.75 Å². The van der Waals surface area contributed by atoms with Crippen molar-refractivity contribution in [3.05, 3.63) is 52.5 Å². The van der Waals surface area contributed by atoms with E-state index in [1.165, 1.54) is 10.4 Å². The number of sulfonamides is 1. The third kappa shape index (κ3) is 5.57. The summed E-state index contributed by atoms with van der Waals surface area (Å²) < 4.78 is 38.2. The first-order valence-corrected chi connectivity index (χ1v) is 12.0. The number of ether oxygens (including phenoxy) is 2. The minimum Gasteiger partial charge on any atom is -0.487 e. The molecule has 2 aromatic rings. The van der Waals surface area contributed by atoms with Crippen molar-refractivity contribution in [3.63, 3.8) is 0 Å². The van der Waals surface area contributed by atoms with Gasteiger partial charge in [0, 0.05) is 25.8 Å². The van der Waals surface area contributed by atoms with Gasteiger partial charge in [-0.3, -0.25) is 4.79 Å². The van der Waals surface area contributed by atoms with Gasteiger partial charge < -0.3 is 14.8 Å². The minimum absolute atomic E-state index is 0.118. The maximum atomic E-state index is 13.0. The Morgan fingerprint density at radius 3 is 2.58 bits per heavy atom. The standard InChI is InChI=1S/C22H27ClN2O5S/c1-16-9-10-17(31(27,28)25-11-4-3-5-12-25)15-18(16)22(26)24-20-8-6-7-19(23)21(20)30-14-13-29-2/h6-10,15H,3-5,11-14H2,1-2H3,(H,24,26). The lowest BCUT2D eigenvalue weighted by Gasteiger charge is -2.26. The van der Waals surface area contributed by atoms with Crippen LogP contribution in [0.15, 0.2) is 41.3 Å². The molecule has 0 atom stereocenters. The molecule has 1 aliphatic rings. The first kappa shape index (κ1) is 23.5. The quantitative estimate of drug-likeness (QED) is 0.592. The van der Waals surface area contributed by atoms with Gasteiger partial charge in [-0.15, -0.1) is 0 Å². The highest BCUT2D eigenvalue weighted by atomic mass is 35.5. The number of anilines is 1. The molecular formula is C22H27ClN2O5S. The lowest BCUT2D eigenvalue weighted by Crippen LogP contribution is -2.35. The molecule has 0 unspecified atom stereocenters. The van der Waals surface area contributed by atoms with Crippen LogP contribution in [0.1, 0.15) is 35.2 Å². The molecule has 2 aromatic carbocycles. The minimum atomic E-state index is -3.64. The second-order valence-corrected chi connectivity index (χ2v) is 9.70. The fourth-order valence-corrected chi connectivity index (χ4v) is 5.20. The zero-order valence-electron chi connectivity index (χ0n) is 17.7. The molecule has 1 fully saturated rings. The molecular weight excluding hydrogens is 440 g/mol. The van der Waals surface area contributed by atoms with Crippen molar-refractivity contribution >= 4 is 33.2 Å². The fraction of sp³-hybridized carbons (Fsp3) is 0.409. The lowest BCUT2D eigenvalue weighted by molar-refractivity contribution is 0.102. The molecule has 1 aliphatic heterocycles. The van der Waals surface area contributed by atoms with Crippen LogP contribution >= 0.6 is 11.6 Å². The maximum Gasteiger partial charge on any atom is 0.256 e. The fourth-order valence-electron chi connectivity index (χ4n) is 3.43. The zero-order valence-corrected chi connectivity index (χ0v) is 19.3. The Kier molecular flexibility index (Phi) is 7.94. The van der Waals surface area contributed by atoms with Crippen molar-refractivity contribution in [1.82, 2.24) is 4.31 Å². The van der Waals surface area contributed by atoms with Crippen LogP contribution in [-0.4, -0.2) is 52.0 Å². The van der Waals surface area contributed by atoms with Crippen LogP contribution in [0.4, 0.5) is 5.69 Å². The number of halogens is 1. The third-order valence-electron chi connectivity index (χ3n) is 5.16. The van der Waals surface area contributed by atoms with E-state index in [-0.39, 0.29) is 17.1 Å². The Balaban J connectivity index is 1.86. The molecule has 1 N–H and O–H groups in total. The first-order chi connectivity index (χ1) is 14.8. The van der Waals surface area contributed by atoms with Crippen molar-refractivity contribution in [2.45, 2.75) is 31.1 Å². The van der Waals surface area contributed by atoms with E-state index >= 15 is 0 Å². The number of methoxy groups -OCH3 is 1. The Morgan fingerprint density at radius 2 is 1.87 bits per heavy atom. The lowest BCUT2D eigenvalue weighted by atomic mass is 10.1. The number of rotatable bonds is 8. The molecule has 0 spiro atoms. The molecule has 0 aliphatic carbocycles. The summed E-state index contributed by atoms with van der Waals surface area (Å²) >= 11 is 6.24. The van der Waals surface area contributed by atoms with Gasteiger partial charge in [-0.05, 0) is 49.6 Å². The van der Waals surface area contributed by atoms with Gasteiger partial charge in [0.2, 0.25) is 10.0 Å². The first-order valence-electron chi connectivity index (χ1n) is 10.2. The van der Waals surface area contributed by atoms with Crippen LogP contribution in [-0.2, 0) is 14.8 Å². The molecule has 7 nitrogen and oxygen atoms in total. The van der Waals surface area contributed by atoms with E-state index < -0.39 is 15.9 Å². The van der Waals surface area contributed by atoms with Crippen molar-refractivity contribution in [2.75, 3.05) is 38.7 Å². The van der Waals surface area contributed by atoms with Gasteiger partial charge in [0.25, 0.3) is 5.91 Å². The molecule has 168 valence electrons. The Morgan fingerprint density at radius 1 is 1.13 bits per heavy atom. The van der Waals surface area contributed by atoms with Crippen LogP contribution < -0.4 is 10.1 Å². The Labute approximate surface area is 188 Å². The molecule has 1 saturated heterocycles. The van der Waals surface area contributed by atoms with Crippen LogP contribution in [0.5, 0.6) is 5.75 Å². The van der Waals surface area contributed by atoms with E-state index in [0.717, 1.165) is 19.3 Å². The van der Waals surface area contributed by atoms with Crippen molar-refractivity contribution in [1.29, 1.82) is 0 Å². The predicted octanol–water partition coefficient (Wildman–Crippen LogP) is 4.10. The second-order valence-electron chi connectivity index (χ2n) is 7.35.